The van der Waals surface area contributed by atoms with E-state index in [0.717, 1.165) is 17.2 Å². The zero-order chi connectivity index (χ0) is 15.6. The third-order valence-corrected chi connectivity index (χ3v) is 4.70. The smallest absolute Gasteiger partial charge is 0.380 e. The van der Waals surface area contributed by atoms with Gasteiger partial charge in [0.05, 0.1) is 18.9 Å². The lowest BCUT2D eigenvalue weighted by molar-refractivity contribution is -0.159. The zero-order valence-corrected chi connectivity index (χ0v) is 12.2. The van der Waals surface area contributed by atoms with Crippen LogP contribution in [0.1, 0.15) is 5.89 Å². The van der Waals surface area contributed by atoms with Gasteiger partial charge in [-0.2, -0.15) is 18.2 Å². The molecule has 0 aliphatic carbocycles. The van der Waals surface area contributed by atoms with Crippen LogP contribution in [-0.4, -0.2) is 34.9 Å². The van der Waals surface area contributed by atoms with Crippen molar-refractivity contribution in [1.29, 1.82) is 0 Å². The lowest BCUT2D eigenvalue weighted by atomic mass is 10.2. The van der Waals surface area contributed by atoms with Crippen LogP contribution in [0.3, 0.4) is 0 Å². The molecule has 9 heteroatoms. The molecule has 0 N–H and O–H groups in total. The summed E-state index contributed by atoms with van der Waals surface area (Å²) in [6.07, 6.45) is -4.63. The summed E-state index contributed by atoms with van der Waals surface area (Å²) in [4.78, 5) is 3.35. The first-order chi connectivity index (χ1) is 10.5. The highest BCUT2D eigenvalue weighted by molar-refractivity contribution is 7.87. The van der Waals surface area contributed by atoms with Gasteiger partial charge >= 0.3 is 12.1 Å². The number of halogens is 3. The molecular formula is C13H12F3N3O2S. The molecule has 1 saturated heterocycles. The number of ether oxygens (including phenoxy) is 1. The van der Waals surface area contributed by atoms with Gasteiger partial charge in [0.2, 0.25) is 5.82 Å². The lowest BCUT2D eigenvalue weighted by Gasteiger charge is -2.14. The highest BCUT2D eigenvalue weighted by Gasteiger charge is 2.38. The summed E-state index contributed by atoms with van der Waals surface area (Å²) in [6, 6.07) is 6.74. The van der Waals surface area contributed by atoms with Crippen LogP contribution < -0.4 is 0 Å². The Morgan fingerprint density at radius 3 is 2.36 bits per heavy atom. The van der Waals surface area contributed by atoms with Gasteiger partial charge in [0.1, 0.15) is 0 Å². The monoisotopic (exact) mass is 331 g/mol. The van der Waals surface area contributed by atoms with Crippen LogP contribution >= 0.6 is 0 Å². The highest BCUT2D eigenvalue weighted by atomic mass is 32.2. The summed E-state index contributed by atoms with van der Waals surface area (Å²) in [7, 11) is -0.0529. The Balaban J connectivity index is 1.78. The SMILES string of the molecule is FC(F)(F)c1nc(-c2ccc(N=S3CCOCC3)cc2)no1. The van der Waals surface area contributed by atoms with E-state index in [9.17, 15) is 13.2 Å². The van der Waals surface area contributed by atoms with E-state index in [1.54, 1.807) is 24.3 Å². The maximum absolute atomic E-state index is 12.4. The van der Waals surface area contributed by atoms with Crippen molar-refractivity contribution in [2.45, 2.75) is 6.18 Å². The van der Waals surface area contributed by atoms with Gasteiger partial charge in [-0.15, -0.1) is 0 Å². The second-order valence-electron chi connectivity index (χ2n) is 4.54. The molecule has 1 aliphatic heterocycles. The first kappa shape index (κ1) is 15.2. The molecule has 5 nitrogen and oxygen atoms in total. The molecule has 1 aromatic carbocycles. The highest BCUT2D eigenvalue weighted by Crippen LogP contribution is 2.29. The Kier molecular flexibility index (Phi) is 4.25. The molecule has 2 aromatic rings. The molecule has 3 rings (SSSR count). The van der Waals surface area contributed by atoms with Crippen molar-refractivity contribution < 1.29 is 22.4 Å². The molecule has 0 bridgehead atoms. The standard InChI is InChI=1S/C13H12F3N3O2S/c14-13(15,16)12-17-11(18-21-12)9-1-3-10(4-2-9)19-22-7-5-20-6-8-22/h1-4H,5-8H2. The van der Waals surface area contributed by atoms with Crippen LogP contribution in [0.5, 0.6) is 0 Å². The van der Waals surface area contributed by atoms with Gasteiger partial charge in [0, 0.05) is 17.1 Å². The number of nitrogens with zero attached hydrogens (tertiary/aromatic N) is 3. The van der Waals surface area contributed by atoms with Crippen molar-refractivity contribution in [2.24, 2.45) is 4.36 Å². The van der Waals surface area contributed by atoms with Gasteiger partial charge in [-0.3, -0.25) is 0 Å². The Bertz CT molecular complexity index is 675. The van der Waals surface area contributed by atoms with E-state index in [1.807, 2.05) is 0 Å². The molecule has 0 saturated carbocycles. The van der Waals surface area contributed by atoms with Crippen molar-refractivity contribution in [1.82, 2.24) is 10.1 Å². The molecule has 0 radical (unpaired) electrons. The fraction of sp³-hybridized carbons (Fsp3) is 0.385. The number of benzene rings is 1. The minimum absolute atomic E-state index is 0.0529. The number of hydrogen-bond acceptors (Lipinski definition) is 5. The minimum atomic E-state index is -4.63. The summed E-state index contributed by atoms with van der Waals surface area (Å²) in [5.74, 6) is 0.371. The van der Waals surface area contributed by atoms with Crippen LogP contribution in [0.25, 0.3) is 11.4 Å². The van der Waals surface area contributed by atoms with Crippen molar-refractivity contribution >= 4 is 16.4 Å². The molecule has 118 valence electrons. The van der Waals surface area contributed by atoms with Gasteiger partial charge < -0.3 is 9.26 Å². The average Bonchev–Trinajstić information content (AvgIpc) is 2.99. The molecule has 0 unspecified atom stereocenters. The van der Waals surface area contributed by atoms with Crippen LogP contribution in [0.15, 0.2) is 33.2 Å². The number of aromatic nitrogens is 2. The lowest BCUT2D eigenvalue weighted by Crippen LogP contribution is -2.19. The van der Waals surface area contributed by atoms with E-state index in [4.69, 9.17) is 4.74 Å². The van der Waals surface area contributed by atoms with Crippen molar-refractivity contribution in [3.8, 4) is 11.4 Å². The second kappa shape index (κ2) is 6.17. The molecule has 1 aromatic heterocycles. The van der Waals surface area contributed by atoms with Crippen LogP contribution in [-0.2, 0) is 21.6 Å². The molecule has 0 amide bonds. The maximum Gasteiger partial charge on any atom is 0.471 e. The van der Waals surface area contributed by atoms with E-state index in [2.05, 4.69) is 19.0 Å². The van der Waals surface area contributed by atoms with E-state index < -0.39 is 12.1 Å². The van der Waals surface area contributed by atoms with E-state index in [-0.39, 0.29) is 16.5 Å². The summed E-state index contributed by atoms with van der Waals surface area (Å²) >= 11 is 0. The quantitative estimate of drug-likeness (QED) is 0.848. The minimum Gasteiger partial charge on any atom is -0.380 e. The summed E-state index contributed by atoms with van der Waals surface area (Å²) < 4.78 is 51.3. The molecule has 0 atom stereocenters. The van der Waals surface area contributed by atoms with E-state index in [1.165, 1.54) is 0 Å². The molecule has 1 fully saturated rings. The largest absolute Gasteiger partial charge is 0.471 e. The van der Waals surface area contributed by atoms with Gasteiger partial charge in [0.15, 0.2) is 0 Å². The fourth-order valence-corrected chi connectivity index (χ4v) is 3.31. The van der Waals surface area contributed by atoms with Crippen molar-refractivity contribution in [3.63, 3.8) is 0 Å². The summed E-state index contributed by atoms with van der Waals surface area (Å²) in [5, 5.41) is 3.35. The average molecular weight is 331 g/mol. The van der Waals surface area contributed by atoms with Crippen molar-refractivity contribution in [2.75, 3.05) is 24.7 Å². The predicted octanol–water partition coefficient (Wildman–Crippen LogP) is 3.22. The first-order valence-corrected chi connectivity index (χ1v) is 8.03. The van der Waals surface area contributed by atoms with E-state index >= 15 is 0 Å². The fourth-order valence-electron chi connectivity index (χ4n) is 1.88. The summed E-state index contributed by atoms with van der Waals surface area (Å²) in [5.41, 5.74) is 1.24. The third-order valence-electron chi connectivity index (χ3n) is 2.96. The maximum atomic E-state index is 12.4. The normalized spacial score (nSPS) is 16.7. The van der Waals surface area contributed by atoms with Gasteiger partial charge in [-0.1, -0.05) is 15.8 Å². The molecule has 22 heavy (non-hydrogen) atoms. The Labute approximate surface area is 126 Å². The topological polar surface area (TPSA) is 60.5 Å². The van der Waals surface area contributed by atoms with Crippen molar-refractivity contribution in [3.05, 3.63) is 30.2 Å². The van der Waals surface area contributed by atoms with Crippen LogP contribution in [0, 0.1) is 0 Å². The molecular weight excluding hydrogens is 319 g/mol. The van der Waals surface area contributed by atoms with Crippen LogP contribution in [0.4, 0.5) is 18.9 Å². The second-order valence-corrected chi connectivity index (χ2v) is 6.47. The number of alkyl halides is 3. The number of rotatable bonds is 2. The third kappa shape index (κ3) is 3.53. The van der Waals surface area contributed by atoms with Gasteiger partial charge in [-0.05, 0) is 24.3 Å². The Hall–Kier alpha value is -1.74. The van der Waals surface area contributed by atoms with Gasteiger partial charge in [0.25, 0.3) is 0 Å². The molecule has 1 aliphatic rings. The molecule has 0 spiro atoms. The molecule has 2 heterocycles. The van der Waals surface area contributed by atoms with E-state index in [0.29, 0.717) is 18.8 Å². The Morgan fingerprint density at radius 1 is 1.09 bits per heavy atom. The Morgan fingerprint density at radius 2 is 1.77 bits per heavy atom. The van der Waals surface area contributed by atoms with Gasteiger partial charge in [-0.25, -0.2) is 4.36 Å². The van der Waals surface area contributed by atoms with Crippen LogP contribution in [0.2, 0.25) is 0 Å². The predicted molar refractivity (Wildman–Crippen MR) is 74.7 cm³/mol. The zero-order valence-electron chi connectivity index (χ0n) is 11.3. The first-order valence-electron chi connectivity index (χ1n) is 6.51. The summed E-state index contributed by atoms with van der Waals surface area (Å²) in [6.45, 7) is 1.43. The number of hydrogen-bond donors (Lipinski definition) is 0.